The highest BCUT2D eigenvalue weighted by Gasteiger charge is 2.36. The van der Waals surface area contributed by atoms with Crippen molar-refractivity contribution in [2.75, 3.05) is 13.7 Å². The molecule has 4 nitrogen and oxygen atoms in total. The second kappa shape index (κ2) is 5.16. The summed E-state index contributed by atoms with van der Waals surface area (Å²) < 4.78 is 47.1. The van der Waals surface area contributed by atoms with E-state index in [1.807, 2.05) is 0 Å². The van der Waals surface area contributed by atoms with E-state index < -0.39 is 29.2 Å². The SMILES string of the molecule is CCOC(=O)c1cc(OC)c(O)c(C(F)(F)F)c1. The van der Waals surface area contributed by atoms with Crippen LogP contribution in [0.2, 0.25) is 0 Å². The minimum atomic E-state index is -4.79. The molecular weight excluding hydrogens is 253 g/mol. The van der Waals surface area contributed by atoms with Gasteiger partial charge in [-0.25, -0.2) is 4.79 Å². The van der Waals surface area contributed by atoms with Gasteiger partial charge in [0.15, 0.2) is 11.5 Å². The zero-order valence-electron chi connectivity index (χ0n) is 9.67. The Balaban J connectivity index is 3.35. The van der Waals surface area contributed by atoms with Gasteiger partial charge < -0.3 is 14.6 Å². The number of benzene rings is 1. The Bertz CT molecular complexity index is 454. The lowest BCUT2D eigenvalue weighted by molar-refractivity contribution is -0.138. The highest BCUT2D eigenvalue weighted by atomic mass is 19.4. The fraction of sp³-hybridized carbons (Fsp3) is 0.364. The molecule has 0 aromatic heterocycles. The van der Waals surface area contributed by atoms with Crippen molar-refractivity contribution in [1.82, 2.24) is 0 Å². The van der Waals surface area contributed by atoms with Crippen molar-refractivity contribution >= 4 is 5.97 Å². The number of phenolic OH excluding ortho intramolecular Hbond substituents is 1. The van der Waals surface area contributed by atoms with Crippen LogP contribution in [0.25, 0.3) is 0 Å². The van der Waals surface area contributed by atoms with Crippen molar-refractivity contribution in [3.05, 3.63) is 23.3 Å². The van der Waals surface area contributed by atoms with Gasteiger partial charge in [-0.2, -0.15) is 13.2 Å². The van der Waals surface area contributed by atoms with Crippen molar-refractivity contribution in [3.8, 4) is 11.5 Å². The van der Waals surface area contributed by atoms with Gasteiger partial charge in [-0.05, 0) is 19.1 Å². The zero-order chi connectivity index (χ0) is 13.9. The molecule has 0 spiro atoms. The predicted octanol–water partition coefficient (Wildman–Crippen LogP) is 2.60. The van der Waals surface area contributed by atoms with Crippen molar-refractivity contribution in [2.45, 2.75) is 13.1 Å². The van der Waals surface area contributed by atoms with Crippen LogP contribution in [0.1, 0.15) is 22.8 Å². The zero-order valence-corrected chi connectivity index (χ0v) is 9.67. The summed E-state index contributed by atoms with van der Waals surface area (Å²) in [5, 5.41) is 9.36. The van der Waals surface area contributed by atoms with E-state index in [1.54, 1.807) is 0 Å². The van der Waals surface area contributed by atoms with Gasteiger partial charge in [0.2, 0.25) is 0 Å². The van der Waals surface area contributed by atoms with Crippen LogP contribution in [-0.2, 0) is 10.9 Å². The van der Waals surface area contributed by atoms with Gasteiger partial charge in [-0.15, -0.1) is 0 Å². The molecule has 100 valence electrons. The number of methoxy groups -OCH3 is 1. The molecule has 1 rings (SSSR count). The fourth-order valence-electron chi connectivity index (χ4n) is 1.31. The summed E-state index contributed by atoms with van der Waals surface area (Å²) in [4.78, 5) is 11.4. The Morgan fingerprint density at radius 2 is 2.00 bits per heavy atom. The van der Waals surface area contributed by atoms with Crippen LogP contribution >= 0.6 is 0 Å². The smallest absolute Gasteiger partial charge is 0.420 e. The maximum atomic E-state index is 12.6. The monoisotopic (exact) mass is 264 g/mol. The second-order valence-corrected chi connectivity index (χ2v) is 3.29. The number of alkyl halides is 3. The largest absolute Gasteiger partial charge is 0.504 e. The van der Waals surface area contributed by atoms with Gasteiger partial charge in [-0.3, -0.25) is 0 Å². The third-order valence-electron chi connectivity index (χ3n) is 2.11. The summed E-state index contributed by atoms with van der Waals surface area (Å²) in [5.41, 5.74) is -1.68. The summed E-state index contributed by atoms with van der Waals surface area (Å²) in [7, 11) is 1.09. The predicted molar refractivity (Wildman–Crippen MR) is 55.6 cm³/mol. The van der Waals surface area contributed by atoms with E-state index in [1.165, 1.54) is 6.92 Å². The second-order valence-electron chi connectivity index (χ2n) is 3.29. The molecule has 0 saturated carbocycles. The minimum absolute atomic E-state index is 0.0311. The molecule has 0 saturated heterocycles. The molecule has 1 aromatic rings. The van der Waals surface area contributed by atoms with Crippen LogP contribution in [0.5, 0.6) is 11.5 Å². The molecule has 18 heavy (non-hydrogen) atoms. The van der Waals surface area contributed by atoms with Gasteiger partial charge in [-0.1, -0.05) is 0 Å². The lowest BCUT2D eigenvalue weighted by atomic mass is 10.1. The molecule has 0 aliphatic heterocycles. The van der Waals surface area contributed by atoms with Crippen LogP contribution in [0.4, 0.5) is 13.2 Å². The first-order chi connectivity index (χ1) is 8.31. The minimum Gasteiger partial charge on any atom is -0.504 e. The van der Waals surface area contributed by atoms with Crippen molar-refractivity contribution in [3.63, 3.8) is 0 Å². The lowest BCUT2D eigenvalue weighted by Gasteiger charge is -2.13. The number of phenols is 1. The van der Waals surface area contributed by atoms with Gasteiger partial charge in [0.1, 0.15) is 5.56 Å². The molecule has 0 heterocycles. The topological polar surface area (TPSA) is 55.8 Å². The molecule has 1 N–H and O–H groups in total. The average molecular weight is 264 g/mol. The number of carbonyl (C=O) groups is 1. The highest BCUT2D eigenvalue weighted by Crippen LogP contribution is 2.41. The normalized spacial score (nSPS) is 11.2. The Labute approximate surface area is 101 Å². The van der Waals surface area contributed by atoms with E-state index in [0.29, 0.717) is 6.07 Å². The van der Waals surface area contributed by atoms with Crippen molar-refractivity contribution < 1.29 is 32.5 Å². The van der Waals surface area contributed by atoms with Gasteiger partial charge in [0, 0.05) is 0 Å². The summed E-state index contributed by atoms with van der Waals surface area (Å²) in [6, 6.07) is 1.51. The average Bonchev–Trinajstić information content (AvgIpc) is 2.28. The number of hydrogen-bond donors (Lipinski definition) is 1. The first-order valence-corrected chi connectivity index (χ1v) is 4.96. The fourth-order valence-corrected chi connectivity index (χ4v) is 1.31. The van der Waals surface area contributed by atoms with Crippen LogP contribution in [0, 0.1) is 0 Å². The summed E-state index contributed by atoms with van der Waals surface area (Å²) in [6.45, 7) is 1.56. The Kier molecular flexibility index (Phi) is 4.05. The van der Waals surface area contributed by atoms with Gasteiger partial charge >= 0.3 is 12.1 Å². The third kappa shape index (κ3) is 2.85. The Morgan fingerprint density at radius 3 is 2.44 bits per heavy atom. The van der Waals surface area contributed by atoms with E-state index in [9.17, 15) is 23.1 Å². The number of halogens is 3. The Hall–Kier alpha value is -1.92. The van der Waals surface area contributed by atoms with E-state index in [-0.39, 0.29) is 12.2 Å². The number of carbonyl (C=O) groups excluding carboxylic acids is 1. The molecule has 0 amide bonds. The summed E-state index contributed by atoms with van der Waals surface area (Å²) in [5.74, 6) is -2.41. The van der Waals surface area contributed by atoms with Gasteiger partial charge in [0.05, 0.1) is 19.3 Å². The van der Waals surface area contributed by atoms with E-state index in [0.717, 1.165) is 13.2 Å². The van der Waals surface area contributed by atoms with E-state index in [2.05, 4.69) is 9.47 Å². The molecule has 0 aliphatic rings. The standard InChI is InChI=1S/C11H11F3O4/c1-3-18-10(16)6-4-7(11(12,13)14)9(15)8(5-6)17-2/h4-5,15H,3H2,1-2H3. The summed E-state index contributed by atoms with van der Waals surface area (Å²) >= 11 is 0. The van der Waals surface area contributed by atoms with Crippen LogP contribution < -0.4 is 4.74 Å². The molecule has 0 aliphatic carbocycles. The molecule has 1 aromatic carbocycles. The number of hydrogen-bond acceptors (Lipinski definition) is 4. The van der Waals surface area contributed by atoms with Crippen molar-refractivity contribution in [1.29, 1.82) is 0 Å². The first kappa shape index (κ1) is 14.1. The molecule has 0 atom stereocenters. The molecule has 7 heteroatoms. The molecule has 0 radical (unpaired) electrons. The first-order valence-electron chi connectivity index (χ1n) is 4.96. The van der Waals surface area contributed by atoms with E-state index >= 15 is 0 Å². The third-order valence-corrected chi connectivity index (χ3v) is 2.11. The summed E-state index contributed by atoms with van der Waals surface area (Å²) in [6.07, 6.45) is -4.79. The van der Waals surface area contributed by atoms with Gasteiger partial charge in [0.25, 0.3) is 0 Å². The Morgan fingerprint density at radius 1 is 1.39 bits per heavy atom. The number of ether oxygens (including phenoxy) is 2. The molecule has 0 bridgehead atoms. The van der Waals surface area contributed by atoms with E-state index in [4.69, 9.17) is 0 Å². The van der Waals surface area contributed by atoms with Crippen LogP contribution in [-0.4, -0.2) is 24.8 Å². The number of aromatic hydroxyl groups is 1. The molecule has 0 fully saturated rings. The maximum Gasteiger partial charge on any atom is 0.420 e. The quantitative estimate of drug-likeness (QED) is 0.852. The maximum absolute atomic E-state index is 12.6. The van der Waals surface area contributed by atoms with Crippen LogP contribution in [0.15, 0.2) is 12.1 Å². The highest BCUT2D eigenvalue weighted by molar-refractivity contribution is 5.90. The van der Waals surface area contributed by atoms with Crippen molar-refractivity contribution in [2.24, 2.45) is 0 Å². The molecule has 0 unspecified atom stereocenters. The van der Waals surface area contributed by atoms with Crippen LogP contribution in [0.3, 0.4) is 0 Å². The number of esters is 1. The number of rotatable bonds is 3. The lowest BCUT2D eigenvalue weighted by Crippen LogP contribution is -2.11. The molecular formula is C11H11F3O4.